The van der Waals surface area contributed by atoms with Crippen molar-refractivity contribution >= 4 is 29.2 Å². The summed E-state index contributed by atoms with van der Waals surface area (Å²) < 4.78 is 4.26. The van der Waals surface area contributed by atoms with E-state index >= 15 is 0 Å². The Morgan fingerprint density at radius 1 is 1.21 bits per heavy atom. The number of nitrogens with two attached hydrogens (primary N) is 1. The number of carbonyl (C=O) groups excluding carboxylic acids is 2. The van der Waals surface area contributed by atoms with Crippen LogP contribution in [0.3, 0.4) is 0 Å². The molecule has 9 heteroatoms. The fourth-order valence-electron chi connectivity index (χ4n) is 1.23. The summed E-state index contributed by atoms with van der Waals surface area (Å²) in [6.45, 7) is 0. The molecule has 98 valence electrons. The van der Waals surface area contributed by atoms with Crippen molar-refractivity contribution in [2.75, 3.05) is 5.73 Å². The number of nitrogens with zero attached hydrogens (tertiary/aromatic N) is 2. The van der Waals surface area contributed by atoms with Crippen LogP contribution in [0, 0.1) is 0 Å². The summed E-state index contributed by atoms with van der Waals surface area (Å²) in [5, 5.41) is 6.93. The Morgan fingerprint density at radius 3 is 2.58 bits per heavy atom. The fraction of sp³-hybridized carbons (Fsp3) is 0. The van der Waals surface area contributed by atoms with E-state index < -0.39 is 11.8 Å². The number of hydrogen-bond donors (Lipinski definition) is 3. The number of carbonyl (C=O) groups is 2. The molecule has 0 spiro atoms. The van der Waals surface area contributed by atoms with Crippen LogP contribution in [0.2, 0.25) is 5.02 Å². The molecule has 1 heterocycles. The third-order valence-corrected chi connectivity index (χ3v) is 2.34. The molecule has 0 bridgehead atoms. The predicted molar refractivity (Wildman–Crippen MR) is 65.1 cm³/mol. The molecule has 0 aliphatic rings. The molecule has 0 atom stereocenters. The van der Waals surface area contributed by atoms with Crippen LogP contribution in [0.1, 0.15) is 20.8 Å². The van der Waals surface area contributed by atoms with Gasteiger partial charge in [-0.25, -0.2) is 4.63 Å². The first kappa shape index (κ1) is 12.8. The highest BCUT2D eigenvalue weighted by Crippen LogP contribution is 2.10. The zero-order chi connectivity index (χ0) is 13.8. The first-order valence-electron chi connectivity index (χ1n) is 5.02. The minimum atomic E-state index is -0.742. The van der Waals surface area contributed by atoms with Gasteiger partial charge in [0.2, 0.25) is 11.5 Å². The second-order valence-electron chi connectivity index (χ2n) is 3.42. The molecule has 1 aromatic heterocycles. The third kappa shape index (κ3) is 2.99. The van der Waals surface area contributed by atoms with Crippen molar-refractivity contribution in [3.05, 3.63) is 40.5 Å². The van der Waals surface area contributed by atoms with Crippen molar-refractivity contribution in [3.8, 4) is 0 Å². The average molecular weight is 282 g/mol. The van der Waals surface area contributed by atoms with Gasteiger partial charge >= 0.3 is 0 Å². The summed E-state index contributed by atoms with van der Waals surface area (Å²) in [6, 6.07) is 6.23. The molecule has 19 heavy (non-hydrogen) atoms. The van der Waals surface area contributed by atoms with Crippen LogP contribution in [0.15, 0.2) is 28.9 Å². The highest BCUT2D eigenvalue weighted by Gasteiger charge is 2.16. The lowest BCUT2D eigenvalue weighted by atomic mass is 10.2. The number of anilines is 1. The zero-order valence-electron chi connectivity index (χ0n) is 9.38. The Hall–Kier alpha value is -2.61. The number of hydrogen-bond acceptors (Lipinski definition) is 6. The Bertz CT molecular complexity index is 627. The third-order valence-electron chi connectivity index (χ3n) is 2.11. The van der Waals surface area contributed by atoms with Crippen molar-refractivity contribution < 1.29 is 14.2 Å². The normalized spacial score (nSPS) is 9.95. The van der Waals surface area contributed by atoms with Gasteiger partial charge in [-0.15, -0.1) is 0 Å². The lowest BCUT2D eigenvalue weighted by Gasteiger charge is -2.05. The SMILES string of the molecule is Nc1nonc1C(=O)NNC(=O)c1cccc(Cl)c1. The minimum absolute atomic E-state index is 0.172. The molecule has 0 unspecified atom stereocenters. The van der Waals surface area contributed by atoms with E-state index in [2.05, 4.69) is 25.8 Å². The van der Waals surface area contributed by atoms with Crippen LogP contribution in [0.25, 0.3) is 0 Å². The summed E-state index contributed by atoms with van der Waals surface area (Å²) >= 11 is 5.74. The number of halogens is 1. The van der Waals surface area contributed by atoms with E-state index in [0.717, 1.165) is 0 Å². The van der Waals surface area contributed by atoms with Crippen LogP contribution in [-0.4, -0.2) is 22.1 Å². The van der Waals surface area contributed by atoms with Gasteiger partial charge in [0.25, 0.3) is 11.8 Å². The quantitative estimate of drug-likeness (QED) is 0.684. The number of aromatic nitrogens is 2. The van der Waals surface area contributed by atoms with E-state index in [9.17, 15) is 9.59 Å². The number of nitrogen functional groups attached to an aromatic ring is 1. The van der Waals surface area contributed by atoms with Gasteiger partial charge in [0, 0.05) is 10.6 Å². The molecule has 8 nitrogen and oxygen atoms in total. The molecule has 0 saturated heterocycles. The second-order valence-corrected chi connectivity index (χ2v) is 3.85. The van der Waals surface area contributed by atoms with E-state index in [1.54, 1.807) is 18.2 Å². The molecule has 2 amide bonds. The smallest absolute Gasteiger partial charge is 0.295 e. The van der Waals surface area contributed by atoms with E-state index in [1.807, 2.05) is 0 Å². The van der Waals surface area contributed by atoms with E-state index in [0.29, 0.717) is 10.6 Å². The Balaban J connectivity index is 1.98. The Kier molecular flexibility index (Phi) is 3.62. The van der Waals surface area contributed by atoms with Crippen LogP contribution in [-0.2, 0) is 0 Å². The van der Waals surface area contributed by atoms with Gasteiger partial charge in [0.1, 0.15) is 0 Å². The Morgan fingerprint density at radius 2 is 1.95 bits per heavy atom. The first-order chi connectivity index (χ1) is 9.08. The number of benzene rings is 1. The van der Waals surface area contributed by atoms with Gasteiger partial charge in [-0.1, -0.05) is 17.7 Å². The highest BCUT2D eigenvalue weighted by atomic mass is 35.5. The standard InChI is InChI=1S/C10H8ClN5O3/c11-6-3-1-2-5(4-6)9(17)13-14-10(18)7-8(12)16-19-15-7/h1-4H,(H2,12,16)(H,13,17)(H,14,18). The maximum absolute atomic E-state index is 11.7. The lowest BCUT2D eigenvalue weighted by molar-refractivity contribution is 0.0841. The summed E-state index contributed by atoms with van der Waals surface area (Å²) in [4.78, 5) is 23.2. The van der Waals surface area contributed by atoms with Crippen molar-refractivity contribution in [1.29, 1.82) is 0 Å². The average Bonchev–Trinajstić information content (AvgIpc) is 2.82. The van der Waals surface area contributed by atoms with Crippen molar-refractivity contribution in [3.63, 3.8) is 0 Å². The number of rotatable bonds is 2. The monoisotopic (exact) mass is 281 g/mol. The predicted octanol–water partition coefficient (Wildman–Crippen LogP) is 0.380. The van der Waals surface area contributed by atoms with E-state index in [1.165, 1.54) is 6.07 Å². The van der Waals surface area contributed by atoms with Crippen LogP contribution < -0.4 is 16.6 Å². The largest absolute Gasteiger partial charge is 0.379 e. The van der Waals surface area contributed by atoms with Crippen molar-refractivity contribution in [1.82, 2.24) is 21.2 Å². The number of nitrogens with one attached hydrogen (secondary N) is 2. The van der Waals surface area contributed by atoms with Crippen LogP contribution in [0.5, 0.6) is 0 Å². The zero-order valence-corrected chi connectivity index (χ0v) is 10.1. The number of amides is 2. The van der Waals surface area contributed by atoms with Gasteiger partial charge in [-0.2, -0.15) is 0 Å². The topological polar surface area (TPSA) is 123 Å². The molecule has 2 rings (SSSR count). The second kappa shape index (κ2) is 5.36. The molecule has 0 radical (unpaired) electrons. The Labute approximate surface area is 111 Å². The van der Waals surface area contributed by atoms with E-state index in [-0.39, 0.29) is 11.5 Å². The van der Waals surface area contributed by atoms with Gasteiger partial charge in [-0.05, 0) is 28.5 Å². The summed E-state index contributed by atoms with van der Waals surface area (Å²) in [6.07, 6.45) is 0. The summed E-state index contributed by atoms with van der Waals surface area (Å²) in [5.74, 6) is -1.45. The molecule has 0 fully saturated rings. The first-order valence-corrected chi connectivity index (χ1v) is 5.40. The summed E-state index contributed by atoms with van der Waals surface area (Å²) in [5.41, 5.74) is 9.69. The molecule has 0 aliphatic heterocycles. The molecule has 0 aliphatic carbocycles. The van der Waals surface area contributed by atoms with Crippen molar-refractivity contribution in [2.45, 2.75) is 0 Å². The minimum Gasteiger partial charge on any atom is -0.379 e. The molecular formula is C10H8ClN5O3. The summed E-state index contributed by atoms with van der Waals surface area (Å²) in [7, 11) is 0. The van der Waals surface area contributed by atoms with Crippen LogP contribution >= 0.6 is 11.6 Å². The molecule has 2 aromatic rings. The maximum Gasteiger partial charge on any atom is 0.295 e. The van der Waals surface area contributed by atoms with Gasteiger partial charge in [0.05, 0.1) is 0 Å². The van der Waals surface area contributed by atoms with Gasteiger partial charge < -0.3 is 5.73 Å². The number of hydrazine groups is 1. The molecule has 4 N–H and O–H groups in total. The van der Waals surface area contributed by atoms with Gasteiger partial charge in [0.15, 0.2) is 0 Å². The molecular weight excluding hydrogens is 274 g/mol. The maximum atomic E-state index is 11.7. The molecule has 1 aromatic carbocycles. The van der Waals surface area contributed by atoms with Crippen LogP contribution in [0.4, 0.5) is 5.82 Å². The van der Waals surface area contributed by atoms with Gasteiger partial charge in [-0.3, -0.25) is 20.4 Å². The fourth-order valence-corrected chi connectivity index (χ4v) is 1.42. The van der Waals surface area contributed by atoms with E-state index in [4.69, 9.17) is 17.3 Å². The van der Waals surface area contributed by atoms with Crippen molar-refractivity contribution in [2.24, 2.45) is 0 Å². The highest BCUT2D eigenvalue weighted by molar-refractivity contribution is 6.30. The lowest BCUT2D eigenvalue weighted by Crippen LogP contribution is -2.42. The molecule has 0 saturated carbocycles.